The van der Waals surface area contributed by atoms with Crippen LogP contribution in [0.4, 0.5) is 5.69 Å². The second-order valence-electron chi connectivity index (χ2n) is 6.23. The van der Waals surface area contributed by atoms with Gasteiger partial charge in [0.05, 0.1) is 4.90 Å². The predicted octanol–water partition coefficient (Wildman–Crippen LogP) is 2.37. The molecule has 106 valence electrons. The van der Waals surface area contributed by atoms with E-state index >= 15 is 0 Å². The van der Waals surface area contributed by atoms with Crippen LogP contribution in [0.5, 0.6) is 0 Å². The lowest BCUT2D eigenvalue weighted by Gasteiger charge is -2.21. The standard InChI is InChI=1S/C14H22N2O2S/c1-14(2,3)10-16-19(17,18)12-6-7-13-11(9-12)5-4-8-15-13/h6-7,9,15-16H,4-5,8,10H2,1-3H3. The molecule has 0 atom stereocenters. The fourth-order valence-electron chi connectivity index (χ4n) is 2.01. The van der Waals surface area contributed by atoms with Gasteiger partial charge in [-0.1, -0.05) is 20.8 Å². The maximum atomic E-state index is 12.2. The summed E-state index contributed by atoms with van der Waals surface area (Å²) in [6, 6.07) is 5.31. The Hall–Kier alpha value is -1.07. The molecule has 0 saturated heterocycles. The Kier molecular flexibility index (Phi) is 3.87. The van der Waals surface area contributed by atoms with Gasteiger partial charge in [0.25, 0.3) is 0 Å². The summed E-state index contributed by atoms with van der Waals surface area (Å²) in [5, 5.41) is 3.28. The lowest BCUT2D eigenvalue weighted by Crippen LogP contribution is -2.32. The first kappa shape index (κ1) is 14.3. The molecule has 5 heteroatoms. The average molecular weight is 282 g/mol. The Bertz CT molecular complexity index is 559. The molecule has 0 bridgehead atoms. The van der Waals surface area contributed by atoms with Gasteiger partial charge in [-0.25, -0.2) is 13.1 Å². The third-order valence-electron chi connectivity index (χ3n) is 3.12. The van der Waals surface area contributed by atoms with Crippen LogP contribution in [0.15, 0.2) is 23.1 Å². The van der Waals surface area contributed by atoms with Crippen LogP contribution in [0.2, 0.25) is 0 Å². The molecule has 1 aliphatic rings. The van der Waals surface area contributed by atoms with E-state index in [4.69, 9.17) is 0 Å². The van der Waals surface area contributed by atoms with Crippen LogP contribution in [0.25, 0.3) is 0 Å². The number of hydrogen-bond acceptors (Lipinski definition) is 3. The van der Waals surface area contributed by atoms with Crippen molar-refractivity contribution in [2.24, 2.45) is 5.41 Å². The number of fused-ring (bicyclic) bond motifs is 1. The van der Waals surface area contributed by atoms with Crippen molar-refractivity contribution in [2.45, 2.75) is 38.5 Å². The van der Waals surface area contributed by atoms with E-state index in [1.54, 1.807) is 12.1 Å². The van der Waals surface area contributed by atoms with Crippen LogP contribution < -0.4 is 10.0 Å². The molecular weight excluding hydrogens is 260 g/mol. The van der Waals surface area contributed by atoms with Crippen LogP contribution in [-0.2, 0) is 16.4 Å². The second kappa shape index (κ2) is 5.13. The summed E-state index contributed by atoms with van der Waals surface area (Å²) in [4.78, 5) is 0.360. The fraction of sp³-hybridized carbons (Fsp3) is 0.571. The molecular formula is C14H22N2O2S. The van der Waals surface area contributed by atoms with Gasteiger partial charge in [0.15, 0.2) is 0 Å². The van der Waals surface area contributed by atoms with Crippen LogP contribution in [-0.4, -0.2) is 21.5 Å². The van der Waals surface area contributed by atoms with Crippen LogP contribution >= 0.6 is 0 Å². The Morgan fingerprint density at radius 3 is 2.74 bits per heavy atom. The third-order valence-corrected chi connectivity index (χ3v) is 4.52. The zero-order chi connectivity index (χ0) is 14.1. The SMILES string of the molecule is CC(C)(C)CNS(=O)(=O)c1ccc2c(c1)CCCN2. The highest BCUT2D eigenvalue weighted by atomic mass is 32.2. The summed E-state index contributed by atoms with van der Waals surface area (Å²) < 4.78 is 27.1. The van der Waals surface area contributed by atoms with E-state index in [2.05, 4.69) is 10.0 Å². The Labute approximate surface area is 115 Å². The van der Waals surface area contributed by atoms with Gasteiger partial charge in [0, 0.05) is 18.8 Å². The van der Waals surface area contributed by atoms with Crippen molar-refractivity contribution in [3.63, 3.8) is 0 Å². The summed E-state index contributed by atoms with van der Waals surface area (Å²) >= 11 is 0. The molecule has 4 nitrogen and oxygen atoms in total. The lowest BCUT2D eigenvalue weighted by molar-refractivity contribution is 0.407. The quantitative estimate of drug-likeness (QED) is 0.895. The van der Waals surface area contributed by atoms with Crippen molar-refractivity contribution in [1.82, 2.24) is 4.72 Å². The molecule has 0 radical (unpaired) electrons. The van der Waals surface area contributed by atoms with E-state index in [0.29, 0.717) is 11.4 Å². The molecule has 0 spiro atoms. The number of anilines is 1. The third kappa shape index (κ3) is 3.70. The summed E-state index contributed by atoms with van der Waals surface area (Å²) in [6.07, 6.45) is 1.98. The first-order valence-electron chi connectivity index (χ1n) is 6.64. The zero-order valence-corrected chi connectivity index (χ0v) is 12.6. The Balaban J connectivity index is 2.21. The molecule has 1 aliphatic heterocycles. The summed E-state index contributed by atoms with van der Waals surface area (Å²) in [7, 11) is -3.40. The highest BCUT2D eigenvalue weighted by Gasteiger charge is 2.20. The first-order valence-corrected chi connectivity index (χ1v) is 8.13. The lowest BCUT2D eigenvalue weighted by atomic mass is 9.98. The maximum Gasteiger partial charge on any atom is 0.240 e. The van der Waals surface area contributed by atoms with E-state index in [1.807, 2.05) is 26.8 Å². The topological polar surface area (TPSA) is 58.2 Å². The zero-order valence-electron chi connectivity index (χ0n) is 11.8. The van der Waals surface area contributed by atoms with Crippen molar-refractivity contribution >= 4 is 15.7 Å². The van der Waals surface area contributed by atoms with Crippen molar-refractivity contribution in [1.29, 1.82) is 0 Å². The minimum absolute atomic E-state index is 0.0666. The summed E-state index contributed by atoms with van der Waals surface area (Å²) in [6.45, 7) is 7.41. The van der Waals surface area contributed by atoms with Crippen molar-refractivity contribution in [3.05, 3.63) is 23.8 Å². The molecule has 1 aromatic carbocycles. The van der Waals surface area contributed by atoms with Crippen molar-refractivity contribution in [2.75, 3.05) is 18.4 Å². The molecule has 0 saturated carbocycles. The van der Waals surface area contributed by atoms with Crippen molar-refractivity contribution < 1.29 is 8.42 Å². The number of benzene rings is 1. The molecule has 1 aromatic rings. The van der Waals surface area contributed by atoms with Gasteiger partial charge in [-0.05, 0) is 42.0 Å². The molecule has 0 aromatic heterocycles. The highest BCUT2D eigenvalue weighted by molar-refractivity contribution is 7.89. The first-order chi connectivity index (χ1) is 8.78. The highest BCUT2D eigenvalue weighted by Crippen LogP contribution is 2.25. The van der Waals surface area contributed by atoms with Gasteiger partial charge in [0.1, 0.15) is 0 Å². The summed E-state index contributed by atoms with van der Waals surface area (Å²) in [5.41, 5.74) is 2.08. The molecule has 1 heterocycles. The number of aryl methyl sites for hydroxylation is 1. The predicted molar refractivity (Wildman–Crippen MR) is 77.9 cm³/mol. The fourth-order valence-corrected chi connectivity index (χ4v) is 3.35. The Morgan fingerprint density at radius 1 is 1.32 bits per heavy atom. The molecule has 2 rings (SSSR count). The minimum atomic E-state index is -3.40. The van der Waals surface area contributed by atoms with E-state index in [0.717, 1.165) is 30.6 Å². The van der Waals surface area contributed by atoms with Gasteiger partial charge in [-0.15, -0.1) is 0 Å². The number of rotatable bonds is 3. The van der Waals surface area contributed by atoms with E-state index in [-0.39, 0.29) is 5.41 Å². The molecule has 0 unspecified atom stereocenters. The van der Waals surface area contributed by atoms with Gasteiger partial charge >= 0.3 is 0 Å². The van der Waals surface area contributed by atoms with Gasteiger partial charge in [0.2, 0.25) is 10.0 Å². The molecule has 19 heavy (non-hydrogen) atoms. The largest absolute Gasteiger partial charge is 0.385 e. The van der Waals surface area contributed by atoms with E-state index in [9.17, 15) is 8.42 Å². The van der Waals surface area contributed by atoms with Crippen molar-refractivity contribution in [3.8, 4) is 0 Å². The number of nitrogens with one attached hydrogen (secondary N) is 2. The normalized spacial score (nSPS) is 15.7. The van der Waals surface area contributed by atoms with Crippen LogP contribution in [0, 0.1) is 5.41 Å². The Morgan fingerprint density at radius 2 is 2.05 bits per heavy atom. The van der Waals surface area contributed by atoms with Crippen LogP contribution in [0.1, 0.15) is 32.8 Å². The van der Waals surface area contributed by atoms with Gasteiger partial charge in [-0.2, -0.15) is 0 Å². The van der Waals surface area contributed by atoms with E-state index < -0.39 is 10.0 Å². The monoisotopic (exact) mass is 282 g/mol. The smallest absolute Gasteiger partial charge is 0.240 e. The van der Waals surface area contributed by atoms with Crippen LogP contribution in [0.3, 0.4) is 0 Å². The molecule has 0 amide bonds. The number of sulfonamides is 1. The summed E-state index contributed by atoms with van der Waals surface area (Å²) in [5.74, 6) is 0. The molecule has 0 aliphatic carbocycles. The van der Waals surface area contributed by atoms with Gasteiger partial charge < -0.3 is 5.32 Å². The molecule has 0 fully saturated rings. The average Bonchev–Trinajstić information content (AvgIpc) is 2.35. The molecule has 2 N–H and O–H groups in total. The van der Waals surface area contributed by atoms with E-state index in [1.165, 1.54) is 0 Å². The van der Waals surface area contributed by atoms with Gasteiger partial charge in [-0.3, -0.25) is 0 Å². The second-order valence-corrected chi connectivity index (χ2v) is 8.00. The maximum absolute atomic E-state index is 12.2. The number of hydrogen-bond donors (Lipinski definition) is 2. The minimum Gasteiger partial charge on any atom is -0.385 e.